The Kier molecular flexibility index (Phi) is 22.0. The van der Waals surface area contributed by atoms with Crippen LogP contribution in [0.5, 0.6) is 0 Å². The van der Waals surface area contributed by atoms with Crippen LogP contribution in [0, 0.1) is 0 Å². The number of aliphatic hydroxyl groups excluding tert-OH is 2. The first-order valence-electron chi connectivity index (χ1n) is 4.46. The highest BCUT2D eigenvalue weighted by atomic mass is 32.2. The summed E-state index contributed by atoms with van der Waals surface area (Å²) in [7, 11) is 0. The second-order valence-corrected chi connectivity index (χ2v) is 5.39. The molecule has 96 valence electrons. The Labute approximate surface area is 114 Å². The van der Waals surface area contributed by atoms with E-state index in [1.807, 2.05) is 0 Å². The van der Waals surface area contributed by atoms with E-state index in [2.05, 4.69) is 50.5 Å². The second-order valence-electron chi connectivity index (χ2n) is 2.46. The van der Waals surface area contributed by atoms with Gasteiger partial charge >= 0.3 is 0 Å². The van der Waals surface area contributed by atoms with Crippen LogP contribution in [0.4, 0.5) is 0 Å². The van der Waals surface area contributed by atoms with Crippen molar-refractivity contribution >= 4 is 50.5 Å². The summed E-state index contributed by atoms with van der Waals surface area (Å²) in [4.78, 5) is 0. The van der Waals surface area contributed by atoms with Gasteiger partial charge in [-0.25, -0.2) is 0 Å². The smallest absolute Gasteiger partial charge is 0.151 e. The summed E-state index contributed by atoms with van der Waals surface area (Å²) in [6.07, 6.45) is 0.555. The van der Waals surface area contributed by atoms with Crippen LogP contribution in [0.3, 0.4) is 0 Å². The van der Waals surface area contributed by atoms with E-state index in [4.69, 9.17) is 15.3 Å². The normalized spacial score (nSPS) is 11.8. The first kappa shape index (κ1) is 21.6. The predicted molar refractivity (Wildman–Crippen MR) is 79.7 cm³/mol. The van der Waals surface area contributed by atoms with Gasteiger partial charge in [0.1, 0.15) is 0 Å². The molecular weight excluding hydrogens is 272 g/mol. The number of hydrogen-bond acceptors (Lipinski definition) is 7. The number of hydrogen-bond donors (Lipinski definition) is 7. The van der Waals surface area contributed by atoms with Gasteiger partial charge in [-0.3, -0.25) is 0 Å². The second kappa shape index (κ2) is 15.3. The summed E-state index contributed by atoms with van der Waals surface area (Å²) in [5.74, 6) is 0.639. The van der Waals surface area contributed by atoms with Gasteiger partial charge in [0.25, 0.3) is 0 Å². The summed E-state index contributed by atoms with van der Waals surface area (Å²) >= 11 is 15.1. The van der Waals surface area contributed by atoms with E-state index in [0.717, 1.165) is 0 Å². The summed E-state index contributed by atoms with van der Waals surface area (Å²) in [5, 5.41) is 24.4. The van der Waals surface area contributed by atoms with E-state index in [1.54, 1.807) is 13.8 Å². The molecule has 0 rings (SSSR count). The summed E-state index contributed by atoms with van der Waals surface area (Å²) in [6.45, 7) is 3.85. The van der Waals surface area contributed by atoms with Gasteiger partial charge in [-0.1, -0.05) is 6.92 Å². The number of rotatable bonds is 3. The Morgan fingerprint density at radius 1 is 1.20 bits per heavy atom. The van der Waals surface area contributed by atoms with Gasteiger partial charge in [0.2, 0.25) is 0 Å². The zero-order valence-corrected chi connectivity index (χ0v) is 12.6. The monoisotopic (exact) mass is 294 g/mol. The molecule has 0 aliphatic rings. The number of thiol groups is 4. The van der Waals surface area contributed by atoms with Crippen LogP contribution in [0.2, 0.25) is 0 Å². The maximum atomic E-state index is 8.55. The van der Waals surface area contributed by atoms with E-state index < -0.39 is 4.27 Å². The predicted octanol–water partition coefficient (Wildman–Crippen LogP) is 1.11. The molecule has 7 heteroatoms. The molecule has 15 heavy (non-hydrogen) atoms. The van der Waals surface area contributed by atoms with Crippen molar-refractivity contribution in [1.82, 2.24) is 0 Å². The maximum Gasteiger partial charge on any atom is 0.151 e. The van der Waals surface area contributed by atoms with Crippen molar-refractivity contribution in [3.63, 3.8) is 0 Å². The molecule has 0 aliphatic heterocycles. The van der Waals surface area contributed by atoms with Crippen LogP contribution in [0.15, 0.2) is 0 Å². The van der Waals surface area contributed by atoms with Crippen LogP contribution < -0.4 is 0 Å². The highest BCUT2D eigenvalue weighted by Crippen LogP contribution is 2.17. The van der Waals surface area contributed by atoms with Crippen molar-refractivity contribution < 1.29 is 15.3 Å². The minimum atomic E-state index is -1.07. The maximum absolute atomic E-state index is 8.55. The molecule has 1 unspecified atom stereocenters. The standard InChI is InChI=1S/2C3H8OS2.C2H6O/c4-1-3(6)2-5;1-2-3(4,5)6;1-2-3/h3-6H,1-2H2;4-6H,2H2,1H3;3H,2H2,1H3. The summed E-state index contributed by atoms with van der Waals surface area (Å²) in [6, 6.07) is 0. The van der Waals surface area contributed by atoms with Crippen molar-refractivity contribution in [3.05, 3.63) is 0 Å². The molecule has 0 amide bonds. The van der Waals surface area contributed by atoms with E-state index in [1.165, 1.54) is 0 Å². The average Bonchev–Trinajstić information content (AvgIpc) is 2.18. The Morgan fingerprint density at radius 2 is 1.47 bits per heavy atom. The van der Waals surface area contributed by atoms with Gasteiger partial charge in [-0.2, -0.15) is 25.3 Å². The van der Waals surface area contributed by atoms with Crippen LogP contribution in [0.25, 0.3) is 0 Å². The van der Waals surface area contributed by atoms with E-state index in [0.29, 0.717) is 12.2 Å². The average molecular weight is 295 g/mol. The lowest BCUT2D eigenvalue weighted by atomic mass is 10.5. The molecule has 0 saturated carbocycles. The van der Waals surface area contributed by atoms with E-state index in [-0.39, 0.29) is 18.5 Å². The molecule has 0 aliphatic carbocycles. The minimum absolute atomic E-state index is 0.0494. The topological polar surface area (TPSA) is 60.7 Å². The van der Waals surface area contributed by atoms with E-state index >= 15 is 0 Å². The lowest BCUT2D eigenvalue weighted by Crippen LogP contribution is -2.07. The fourth-order valence-corrected chi connectivity index (χ4v) is 0.173. The molecule has 1 atom stereocenters. The van der Waals surface area contributed by atoms with Crippen molar-refractivity contribution in [2.24, 2.45) is 0 Å². The fourth-order valence-electron chi connectivity index (χ4n) is 0.0577. The molecule has 0 fully saturated rings. The van der Waals surface area contributed by atoms with Gasteiger partial charge in [0.15, 0.2) is 4.27 Å². The minimum Gasteiger partial charge on any atom is -0.397 e. The first-order valence-corrected chi connectivity index (χ1v) is 6.51. The van der Waals surface area contributed by atoms with Crippen LogP contribution in [0.1, 0.15) is 20.3 Å². The summed E-state index contributed by atoms with van der Waals surface area (Å²) in [5.41, 5.74) is 0. The number of aliphatic hydroxyl groups is 3. The zero-order valence-electron chi connectivity index (χ0n) is 9.04. The largest absolute Gasteiger partial charge is 0.397 e. The van der Waals surface area contributed by atoms with Crippen molar-refractivity contribution in [3.8, 4) is 0 Å². The van der Waals surface area contributed by atoms with Crippen molar-refractivity contribution in [2.75, 3.05) is 19.0 Å². The van der Waals surface area contributed by atoms with Gasteiger partial charge in [-0.15, -0.1) is 25.3 Å². The highest BCUT2D eigenvalue weighted by Gasteiger charge is 2.08. The lowest BCUT2D eigenvalue weighted by molar-refractivity contribution is 0.231. The molecule has 3 N–H and O–H groups in total. The van der Waals surface area contributed by atoms with Gasteiger partial charge in [-0.05, 0) is 13.3 Å². The molecule has 0 aromatic rings. The summed E-state index contributed by atoms with van der Waals surface area (Å²) < 4.78 is -1.07. The van der Waals surface area contributed by atoms with Crippen molar-refractivity contribution in [1.29, 1.82) is 0 Å². The molecular formula is C8H22O3S4. The Balaban J connectivity index is -0.000000153. The quantitative estimate of drug-likeness (QED) is 0.315. The molecule has 0 aromatic heterocycles. The van der Waals surface area contributed by atoms with E-state index in [9.17, 15) is 0 Å². The molecule has 0 aromatic carbocycles. The lowest BCUT2D eigenvalue weighted by Gasteiger charge is -2.09. The van der Waals surface area contributed by atoms with Crippen LogP contribution >= 0.6 is 50.5 Å². The third kappa shape index (κ3) is 39.3. The fraction of sp³-hybridized carbons (Fsp3) is 1.00. The van der Waals surface area contributed by atoms with Crippen LogP contribution in [-0.2, 0) is 0 Å². The SMILES string of the molecule is CCC(O)(S)S.CCO.OCC(S)CS. The molecule has 0 radical (unpaired) electrons. The Morgan fingerprint density at radius 3 is 1.47 bits per heavy atom. The van der Waals surface area contributed by atoms with Gasteiger partial charge in [0, 0.05) is 17.6 Å². The van der Waals surface area contributed by atoms with Crippen LogP contribution in [-0.4, -0.2) is 43.8 Å². The third-order valence-electron chi connectivity index (χ3n) is 0.896. The Bertz CT molecular complexity index is 105. The molecule has 0 heterocycles. The highest BCUT2D eigenvalue weighted by molar-refractivity contribution is 8.00. The van der Waals surface area contributed by atoms with Gasteiger partial charge in [0.05, 0.1) is 6.61 Å². The molecule has 0 saturated heterocycles. The first-order chi connectivity index (χ1) is 6.78. The molecule has 0 spiro atoms. The Hall–Kier alpha value is 1.28. The third-order valence-corrected chi connectivity index (χ3v) is 2.60. The van der Waals surface area contributed by atoms with Gasteiger partial charge < -0.3 is 15.3 Å². The van der Waals surface area contributed by atoms with Crippen molar-refractivity contribution in [2.45, 2.75) is 29.8 Å². The molecule has 0 bridgehead atoms. The zero-order chi connectivity index (χ0) is 12.9. The molecule has 3 nitrogen and oxygen atoms in total.